The van der Waals surface area contributed by atoms with Gasteiger partial charge in [0.2, 0.25) is 0 Å². The first kappa shape index (κ1) is 14.0. The van der Waals surface area contributed by atoms with Gasteiger partial charge < -0.3 is 10.6 Å². The van der Waals surface area contributed by atoms with Crippen LogP contribution in [0.2, 0.25) is 0 Å². The number of hydrogen-bond acceptors (Lipinski definition) is 2. The Hall–Kier alpha value is -2.43. The predicted octanol–water partition coefficient (Wildman–Crippen LogP) is 3.21. The first-order chi connectivity index (χ1) is 9.51. The van der Waals surface area contributed by atoms with Crippen molar-refractivity contribution in [3.05, 3.63) is 59.7 Å². The maximum atomic E-state index is 13.3. The van der Waals surface area contributed by atoms with E-state index in [2.05, 4.69) is 0 Å². The van der Waals surface area contributed by atoms with E-state index >= 15 is 0 Å². The summed E-state index contributed by atoms with van der Waals surface area (Å²) >= 11 is 0. The number of nitrogens with two attached hydrogens (primary N) is 1. The number of hydrogen-bond donors (Lipinski definition) is 1. The van der Waals surface area contributed by atoms with Gasteiger partial charge in [0.15, 0.2) is 0 Å². The van der Waals surface area contributed by atoms with Gasteiger partial charge in [-0.25, -0.2) is 8.78 Å². The van der Waals surface area contributed by atoms with Crippen LogP contribution in [0.5, 0.6) is 0 Å². The van der Waals surface area contributed by atoms with Crippen LogP contribution in [0.1, 0.15) is 17.3 Å². The normalized spacial score (nSPS) is 10.3. The molecule has 0 saturated heterocycles. The lowest BCUT2D eigenvalue weighted by atomic mass is 10.1. The van der Waals surface area contributed by atoms with Gasteiger partial charge in [0.05, 0.1) is 0 Å². The molecule has 2 aromatic carbocycles. The molecule has 2 N–H and O–H groups in total. The average Bonchev–Trinajstić information content (AvgIpc) is 2.38. The molecule has 2 rings (SSSR count). The Labute approximate surface area is 115 Å². The van der Waals surface area contributed by atoms with E-state index in [0.29, 0.717) is 12.2 Å². The lowest BCUT2D eigenvalue weighted by Gasteiger charge is -2.21. The highest BCUT2D eigenvalue weighted by Crippen LogP contribution is 2.20. The Morgan fingerprint density at radius 3 is 2.50 bits per heavy atom. The van der Waals surface area contributed by atoms with Crippen LogP contribution in [0.4, 0.5) is 20.2 Å². The molecule has 2 aromatic rings. The zero-order valence-corrected chi connectivity index (χ0v) is 10.9. The molecular weight excluding hydrogens is 262 g/mol. The Bertz CT molecular complexity index is 623. The third kappa shape index (κ3) is 2.93. The summed E-state index contributed by atoms with van der Waals surface area (Å²) in [6, 6.07) is 9.32. The highest BCUT2D eigenvalue weighted by molar-refractivity contribution is 6.06. The molecular formula is C15H14F2N2O. The van der Waals surface area contributed by atoms with Gasteiger partial charge in [-0.15, -0.1) is 0 Å². The Balaban J connectivity index is 2.38. The highest BCUT2D eigenvalue weighted by Gasteiger charge is 2.17. The molecule has 0 unspecified atom stereocenters. The maximum Gasteiger partial charge on any atom is 0.258 e. The molecule has 0 heterocycles. The quantitative estimate of drug-likeness (QED) is 0.875. The Morgan fingerprint density at radius 2 is 1.90 bits per heavy atom. The van der Waals surface area contributed by atoms with Gasteiger partial charge in [0.25, 0.3) is 5.91 Å². The van der Waals surface area contributed by atoms with Gasteiger partial charge in [-0.05, 0) is 43.3 Å². The van der Waals surface area contributed by atoms with E-state index < -0.39 is 17.5 Å². The van der Waals surface area contributed by atoms with E-state index in [4.69, 9.17) is 5.73 Å². The molecule has 0 radical (unpaired) electrons. The molecule has 104 valence electrons. The van der Waals surface area contributed by atoms with Crippen molar-refractivity contribution in [2.45, 2.75) is 6.92 Å². The van der Waals surface area contributed by atoms with Crippen LogP contribution in [0.15, 0.2) is 42.5 Å². The second kappa shape index (κ2) is 5.69. The monoisotopic (exact) mass is 276 g/mol. The minimum absolute atomic E-state index is 0.133. The van der Waals surface area contributed by atoms with Crippen molar-refractivity contribution < 1.29 is 13.6 Å². The molecule has 0 bridgehead atoms. The number of anilines is 2. The smallest absolute Gasteiger partial charge is 0.258 e. The number of nitrogens with zero attached hydrogens (tertiary/aromatic N) is 1. The predicted molar refractivity (Wildman–Crippen MR) is 74.6 cm³/mol. The van der Waals surface area contributed by atoms with Gasteiger partial charge in [-0.1, -0.05) is 6.07 Å². The fourth-order valence-electron chi connectivity index (χ4n) is 1.98. The highest BCUT2D eigenvalue weighted by atomic mass is 19.1. The van der Waals surface area contributed by atoms with Crippen molar-refractivity contribution in [2.24, 2.45) is 0 Å². The molecule has 5 heteroatoms. The summed E-state index contributed by atoms with van der Waals surface area (Å²) < 4.78 is 26.6. The molecule has 0 aliphatic heterocycles. The summed E-state index contributed by atoms with van der Waals surface area (Å²) in [5.41, 5.74) is 6.25. The zero-order chi connectivity index (χ0) is 14.7. The number of carbonyl (C=O) groups excluding carboxylic acids is 1. The van der Waals surface area contributed by atoms with E-state index in [1.54, 1.807) is 13.0 Å². The molecule has 0 atom stereocenters. The topological polar surface area (TPSA) is 46.3 Å². The van der Waals surface area contributed by atoms with E-state index in [9.17, 15) is 13.6 Å². The van der Waals surface area contributed by atoms with Crippen molar-refractivity contribution in [3.8, 4) is 0 Å². The number of amides is 1. The molecule has 0 fully saturated rings. The number of nitrogen functional groups attached to an aromatic ring is 1. The van der Waals surface area contributed by atoms with E-state index in [-0.39, 0.29) is 11.3 Å². The number of carbonyl (C=O) groups is 1. The fourth-order valence-corrected chi connectivity index (χ4v) is 1.98. The van der Waals surface area contributed by atoms with Gasteiger partial charge in [-0.3, -0.25) is 4.79 Å². The molecule has 0 aliphatic rings. The SMILES string of the molecule is CCN(C(=O)c1cc(N)cc(F)c1)c1cccc(F)c1. The van der Waals surface area contributed by atoms with Gasteiger partial charge in [0.1, 0.15) is 11.6 Å². The molecule has 0 aliphatic carbocycles. The summed E-state index contributed by atoms with van der Waals surface area (Å²) in [5, 5.41) is 0. The summed E-state index contributed by atoms with van der Waals surface area (Å²) in [6.07, 6.45) is 0. The minimum Gasteiger partial charge on any atom is -0.399 e. The van der Waals surface area contributed by atoms with Crippen LogP contribution in [0.3, 0.4) is 0 Å². The van der Waals surface area contributed by atoms with Crippen LogP contribution >= 0.6 is 0 Å². The third-order valence-corrected chi connectivity index (χ3v) is 2.85. The largest absolute Gasteiger partial charge is 0.399 e. The molecule has 1 amide bonds. The van der Waals surface area contributed by atoms with Crippen molar-refractivity contribution >= 4 is 17.3 Å². The van der Waals surface area contributed by atoms with E-state index in [1.165, 1.54) is 29.2 Å². The molecule has 0 saturated carbocycles. The summed E-state index contributed by atoms with van der Waals surface area (Å²) in [7, 11) is 0. The standard InChI is InChI=1S/C15H14F2N2O/c1-2-19(14-5-3-4-11(16)9-14)15(20)10-6-12(17)8-13(18)7-10/h3-9H,2,18H2,1H3. The lowest BCUT2D eigenvalue weighted by molar-refractivity contribution is 0.0988. The van der Waals surface area contributed by atoms with Crippen LogP contribution in [-0.2, 0) is 0 Å². The van der Waals surface area contributed by atoms with Gasteiger partial charge in [0, 0.05) is 23.5 Å². The van der Waals surface area contributed by atoms with Crippen molar-refractivity contribution in [2.75, 3.05) is 17.2 Å². The average molecular weight is 276 g/mol. The Morgan fingerprint density at radius 1 is 1.15 bits per heavy atom. The van der Waals surface area contributed by atoms with E-state index in [0.717, 1.165) is 12.1 Å². The molecule has 20 heavy (non-hydrogen) atoms. The zero-order valence-electron chi connectivity index (χ0n) is 10.9. The maximum absolute atomic E-state index is 13.3. The van der Waals surface area contributed by atoms with Crippen LogP contribution in [0, 0.1) is 11.6 Å². The first-order valence-electron chi connectivity index (χ1n) is 6.14. The molecule has 0 aromatic heterocycles. The van der Waals surface area contributed by atoms with Crippen LogP contribution < -0.4 is 10.6 Å². The van der Waals surface area contributed by atoms with Crippen molar-refractivity contribution in [1.29, 1.82) is 0 Å². The summed E-state index contributed by atoms with van der Waals surface area (Å²) in [4.78, 5) is 13.7. The second-order valence-corrected chi connectivity index (χ2v) is 4.30. The van der Waals surface area contributed by atoms with Gasteiger partial charge >= 0.3 is 0 Å². The third-order valence-electron chi connectivity index (χ3n) is 2.85. The van der Waals surface area contributed by atoms with Crippen molar-refractivity contribution in [1.82, 2.24) is 0 Å². The lowest BCUT2D eigenvalue weighted by Crippen LogP contribution is -2.30. The summed E-state index contributed by atoms with van der Waals surface area (Å²) in [5.74, 6) is -1.44. The van der Waals surface area contributed by atoms with E-state index in [1.807, 2.05) is 0 Å². The van der Waals surface area contributed by atoms with Crippen LogP contribution in [-0.4, -0.2) is 12.5 Å². The van der Waals surface area contributed by atoms with Crippen molar-refractivity contribution in [3.63, 3.8) is 0 Å². The number of rotatable bonds is 3. The first-order valence-corrected chi connectivity index (χ1v) is 6.14. The molecule has 3 nitrogen and oxygen atoms in total. The minimum atomic E-state index is -0.580. The second-order valence-electron chi connectivity index (χ2n) is 4.30. The Kier molecular flexibility index (Phi) is 3.98. The summed E-state index contributed by atoms with van der Waals surface area (Å²) in [6.45, 7) is 2.09. The van der Waals surface area contributed by atoms with Crippen LogP contribution in [0.25, 0.3) is 0 Å². The fraction of sp³-hybridized carbons (Fsp3) is 0.133. The van der Waals surface area contributed by atoms with Gasteiger partial charge in [-0.2, -0.15) is 0 Å². The number of benzene rings is 2. The molecule has 0 spiro atoms. The number of halogens is 2.